The zero-order chi connectivity index (χ0) is 15.4. The van der Waals surface area contributed by atoms with Crippen LogP contribution < -0.4 is 5.32 Å². The molecule has 6 nitrogen and oxygen atoms in total. The second-order valence-electron chi connectivity index (χ2n) is 5.53. The number of aliphatic carboxylic acids is 1. The van der Waals surface area contributed by atoms with Crippen LogP contribution in [-0.2, 0) is 11.2 Å². The van der Waals surface area contributed by atoms with Crippen molar-refractivity contribution in [3.63, 3.8) is 0 Å². The largest absolute Gasteiger partial charge is 0.508 e. The van der Waals surface area contributed by atoms with Crippen molar-refractivity contribution in [1.29, 1.82) is 0 Å². The van der Waals surface area contributed by atoms with Gasteiger partial charge in [0.25, 0.3) is 0 Å². The molecule has 0 bridgehead atoms. The highest BCUT2D eigenvalue weighted by Crippen LogP contribution is 2.29. The van der Waals surface area contributed by atoms with Crippen LogP contribution in [0.1, 0.15) is 18.4 Å². The van der Waals surface area contributed by atoms with Gasteiger partial charge in [0.2, 0.25) is 0 Å². The maximum Gasteiger partial charge on any atom is 0.326 e. The summed E-state index contributed by atoms with van der Waals surface area (Å²) in [6.45, 7) is 0.664. The molecule has 1 fully saturated rings. The van der Waals surface area contributed by atoms with Crippen LogP contribution in [0.3, 0.4) is 0 Å². The molecule has 1 aliphatic carbocycles. The lowest BCUT2D eigenvalue weighted by atomic mass is 10.1. The Bertz CT molecular complexity index is 511. The number of nitrogens with zero attached hydrogens (tertiary/aromatic N) is 1. The minimum absolute atomic E-state index is 0.124. The van der Waals surface area contributed by atoms with Crippen molar-refractivity contribution < 1.29 is 19.8 Å². The van der Waals surface area contributed by atoms with Crippen molar-refractivity contribution in [1.82, 2.24) is 10.2 Å². The van der Waals surface area contributed by atoms with Gasteiger partial charge in [0.15, 0.2) is 0 Å². The molecule has 0 aliphatic heterocycles. The highest BCUT2D eigenvalue weighted by Gasteiger charge is 2.27. The predicted molar refractivity (Wildman–Crippen MR) is 77.1 cm³/mol. The highest BCUT2D eigenvalue weighted by molar-refractivity contribution is 5.82. The number of urea groups is 1. The van der Waals surface area contributed by atoms with Crippen LogP contribution in [-0.4, -0.2) is 46.7 Å². The summed E-state index contributed by atoms with van der Waals surface area (Å²) in [7, 11) is 1.67. The minimum Gasteiger partial charge on any atom is -0.508 e. The van der Waals surface area contributed by atoms with E-state index >= 15 is 0 Å². The number of carboxylic acid groups (broad SMARTS) is 1. The number of carbonyl (C=O) groups is 2. The standard InChI is InChI=1S/C15H20N2O4/c1-17(9-11-2-3-11)15(21)16-13(14(19)20)8-10-4-6-12(18)7-5-10/h4-7,11,13,18H,2-3,8-9H2,1H3,(H,16,21)(H,19,20). The average Bonchev–Trinajstić information content (AvgIpc) is 3.24. The summed E-state index contributed by atoms with van der Waals surface area (Å²) < 4.78 is 0. The van der Waals surface area contributed by atoms with E-state index < -0.39 is 12.0 Å². The Morgan fingerprint density at radius 3 is 2.48 bits per heavy atom. The number of hydrogen-bond donors (Lipinski definition) is 3. The Morgan fingerprint density at radius 2 is 1.95 bits per heavy atom. The Hall–Kier alpha value is -2.24. The van der Waals surface area contributed by atoms with Gasteiger partial charge in [0, 0.05) is 20.0 Å². The Kier molecular flexibility index (Phi) is 4.67. The second-order valence-corrected chi connectivity index (χ2v) is 5.53. The van der Waals surface area contributed by atoms with Gasteiger partial charge in [-0.25, -0.2) is 9.59 Å². The molecular weight excluding hydrogens is 272 g/mol. The fourth-order valence-corrected chi connectivity index (χ4v) is 2.10. The van der Waals surface area contributed by atoms with Gasteiger partial charge in [-0.15, -0.1) is 0 Å². The first-order valence-electron chi connectivity index (χ1n) is 6.98. The molecule has 3 N–H and O–H groups in total. The van der Waals surface area contributed by atoms with E-state index in [1.54, 1.807) is 19.2 Å². The van der Waals surface area contributed by atoms with Gasteiger partial charge >= 0.3 is 12.0 Å². The molecule has 114 valence electrons. The molecule has 0 aromatic heterocycles. The Morgan fingerprint density at radius 1 is 1.33 bits per heavy atom. The third-order valence-electron chi connectivity index (χ3n) is 3.55. The Labute approximate surface area is 123 Å². The van der Waals surface area contributed by atoms with E-state index in [4.69, 9.17) is 0 Å². The quantitative estimate of drug-likeness (QED) is 0.740. The molecule has 0 heterocycles. The van der Waals surface area contributed by atoms with Crippen LogP contribution in [0.5, 0.6) is 5.75 Å². The van der Waals surface area contributed by atoms with Gasteiger partial charge in [-0.2, -0.15) is 0 Å². The summed E-state index contributed by atoms with van der Waals surface area (Å²) in [5.41, 5.74) is 0.741. The van der Waals surface area contributed by atoms with E-state index in [1.165, 1.54) is 17.0 Å². The molecule has 1 aromatic carbocycles. The summed E-state index contributed by atoms with van der Waals surface area (Å²) in [4.78, 5) is 24.8. The fourth-order valence-electron chi connectivity index (χ4n) is 2.10. The maximum atomic E-state index is 12.0. The van der Waals surface area contributed by atoms with Gasteiger partial charge in [0.05, 0.1) is 0 Å². The summed E-state index contributed by atoms with van der Waals surface area (Å²) in [6.07, 6.45) is 2.44. The number of phenols is 1. The first kappa shape index (κ1) is 15.2. The molecule has 0 spiro atoms. The van der Waals surface area contributed by atoms with Crippen LogP contribution in [0.15, 0.2) is 24.3 Å². The normalized spacial score (nSPS) is 15.3. The van der Waals surface area contributed by atoms with Crippen molar-refractivity contribution in [2.24, 2.45) is 5.92 Å². The number of phenolic OH excluding ortho intramolecular Hbond substituents is 1. The van der Waals surface area contributed by atoms with Crippen molar-refractivity contribution >= 4 is 12.0 Å². The van der Waals surface area contributed by atoms with Gasteiger partial charge in [-0.05, 0) is 36.5 Å². The third-order valence-corrected chi connectivity index (χ3v) is 3.55. The van der Waals surface area contributed by atoms with Crippen LogP contribution >= 0.6 is 0 Å². The fraction of sp³-hybridized carbons (Fsp3) is 0.467. The summed E-state index contributed by atoms with van der Waals surface area (Å²) in [5.74, 6) is -0.392. The van der Waals surface area contributed by atoms with Crippen LogP contribution in [0.25, 0.3) is 0 Å². The topological polar surface area (TPSA) is 89.9 Å². The SMILES string of the molecule is CN(CC1CC1)C(=O)NC(Cc1ccc(O)cc1)C(=O)O. The number of hydrogen-bond acceptors (Lipinski definition) is 3. The lowest BCUT2D eigenvalue weighted by Gasteiger charge is -2.21. The van der Waals surface area contributed by atoms with E-state index in [-0.39, 0.29) is 18.2 Å². The number of amides is 2. The van der Waals surface area contributed by atoms with Crippen LogP contribution in [0, 0.1) is 5.92 Å². The van der Waals surface area contributed by atoms with Crippen molar-refractivity contribution in [3.05, 3.63) is 29.8 Å². The van der Waals surface area contributed by atoms with Gasteiger partial charge in [-0.1, -0.05) is 12.1 Å². The number of rotatable bonds is 6. The third kappa shape index (κ3) is 4.66. The van der Waals surface area contributed by atoms with E-state index in [9.17, 15) is 19.8 Å². The number of carbonyl (C=O) groups excluding carboxylic acids is 1. The monoisotopic (exact) mass is 292 g/mol. The molecule has 6 heteroatoms. The molecule has 0 radical (unpaired) electrons. The molecule has 1 saturated carbocycles. The molecular formula is C15H20N2O4. The van der Waals surface area contributed by atoms with Crippen LogP contribution in [0.4, 0.5) is 4.79 Å². The first-order valence-corrected chi connectivity index (χ1v) is 6.98. The molecule has 0 saturated heterocycles. The lowest BCUT2D eigenvalue weighted by molar-refractivity contribution is -0.139. The molecule has 1 atom stereocenters. The van der Waals surface area contributed by atoms with E-state index in [2.05, 4.69) is 5.32 Å². The smallest absolute Gasteiger partial charge is 0.326 e. The van der Waals surface area contributed by atoms with Crippen LogP contribution in [0.2, 0.25) is 0 Å². The number of nitrogens with one attached hydrogen (secondary N) is 1. The molecule has 1 aliphatic rings. The van der Waals surface area contributed by atoms with Gasteiger partial charge in [0.1, 0.15) is 11.8 Å². The maximum absolute atomic E-state index is 12.0. The summed E-state index contributed by atoms with van der Waals surface area (Å²) in [6, 6.07) is 4.93. The first-order chi connectivity index (χ1) is 9.95. The molecule has 21 heavy (non-hydrogen) atoms. The molecule has 2 amide bonds. The minimum atomic E-state index is -1.07. The zero-order valence-corrected chi connectivity index (χ0v) is 12.0. The van der Waals surface area contributed by atoms with Crippen molar-refractivity contribution in [2.75, 3.05) is 13.6 Å². The van der Waals surface area contributed by atoms with E-state index in [0.29, 0.717) is 12.5 Å². The number of benzene rings is 1. The number of aromatic hydroxyl groups is 1. The second kappa shape index (κ2) is 6.47. The Balaban J connectivity index is 1.93. The molecule has 1 unspecified atom stereocenters. The van der Waals surface area contributed by atoms with E-state index in [0.717, 1.165) is 18.4 Å². The van der Waals surface area contributed by atoms with E-state index in [1.807, 2.05) is 0 Å². The van der Waals surface area contributed by atoms with Gasteiger partial charge in [-0.3, -0.25) is 0 Å². The van der Waals surface area contributed by atoms with Crippen molar-refractivity contribution in [3.8, 4) is 5.75 Å². The highest BCUT2D eigenvalue weighted by atomic mass is 16.4. The predicted octanol–water partition coefficient (Wildman–Crippen LogP) is 1.44. The zero-order valence-electron chi connectivity index (χ0n) is 12.0. The summed E-state index contributed by atoms with van der Waals surface area (Å²) in [5, 5.41) is 21.0. The molecule has 2 rings (SSSR count). The summed E-state index contributed by atoms with van der Waals surface area (Å²) >= 11 is 0. The number of carboxylic acids is 1. The molecule has 1 aromatic rings. The average molecular weight is 292 g/mol. The lowest BCUT2D eigenvalue weighted by Crippen LogP contribution is -2.48. The van der Waals surface area contributed by atoms with Crippen molar-refractivity contribution in [2.45, 2.75) is 25.3 Å². The van der Waals surface area contributed by atoms with Gasteiger partial charge < -0.3 is 20.4 Å².